The van der Waals surface area contributed by atoms with Gasteiger partial charge in [0, 0.05) is 0 Å². The van der Waals surface area contributed by atoms with Crippen LogP contribution < -0.4 is 5.46 Å². The van der Waals surface area contributed by atoms with Gasteiger partial charge in [-0.2, -0.15) is 0 Å². The van der Waals surface area contributed by atoms with E-state index in [2.05, 4.69) is 0 Å². The normalized spacial score (nSPS) is 22.6. The van der Waals surface area contributed by atoms with Gasteiger partial charge in [-0.3, -0.25) is 0 Å². The summed E-state index contributed by atoms with van der Waals surface area (Å²) >= 11 is 0. The second kappa shape index (κ2) is 4.58. The van der Waals surface area contributed by atoms with Crippen LogP contribution in [0.4, 0.5) is 4.39 Å². The van der Waals surface area contributed by atoms with Crippen LogP contribution in [0.2, 0.25) is 0 Å². The quantitative estimate of drug-likeness (QED) is 0.834. The van der Waals surface area contributed by atoms with E-state index < -0.39 is 30.2 Å². The van der Waals surface area contributed by atoms with Crippen LogP contribution in [0.25, 0.3) is 0 Å². The van der Waals surface area contributed by atoms with Crippen molar-refractivity contribution in [2.24, 2.45) is 0 Å². The molecule has 1 saturated heterocycles. The molecule has 0 amide bonds. The van der Waals surface area contributed by atoms with Gasteiger partial charge in [0.25, 0.3) is 0 Å². The fourth-order valence-electron chi connectivity index (χ4n) is 1.99. The summed E-state index contributed by atoms with van der Waals surface area (Å²) in [5, 5.41) is 9.57. The van der Waals surface area contributed by atoms with Crippen LogP contribution in [0.1, 0.15) is 46.3 Å². The minimum atomic E-state index is -0.725. The molecule has 0 bridgehead atoms. The van der Waals surface area contributed by atoms with Crippen LogP contribution in [0.5, 0.6) is 0 Å². The second-order valence-corrected chi connectivity index (χ2v) is 6.08. The van der Waals surface area contributed by atoms with Crippen LogP contribution in [0.15, 0.2) is 18.2 Å². The zero-order chi connectivity index (χ0) is 14.4. The highest BCUT2D eigenvalue weighted by Crippen LogP contribution is 2.36. The molecule has 1 aliphatic heterocycles. The maximum absolute atomic E-state index is 13.6. The number of aliphatic hydroxyl groups is 1. The molecule has 0 spiro atoms. The molecule has 1 aromatic rings. The molecule has 0 aliphatic carbocycles. The summed E-state index contributed by atoms with van der Waals surface area (Å²) in [6, 6.07) is 4.42. The average Bonchev–Trinajstić information content (AvgIpc) is 2.47. The van der Waals surface area contributed by atoms with Gasteiger partial charge in [0.1, 0.15) is 5.82 Å². The lowest BCUT2D eigenvalue weighted by Gasteiger charge is -2.32. The van der Waals surface area contributed by atoms with Crippen LogP contribution in [-0.2, 0) is 9.31 Å². The summed E-state index contributed by atoms with van der Waals surface area (Å²) in [6.45, 7) is 9.39. The van der Waals surface area contributed by atoms with Crippen LogP contribution >= 0.6 is 0 Å². The fraction of sp³-hybridized carbons (Fsp3) is 0.571. The molecule has 104 valence electrons. The van der Waals surface area contributed by atoms with E-state index in [1.54, 1.807) is 13.0 Å². The highest BCUT2D eigenvalue weighted by atomic mass is 19.1. The topological polar surface area (TPSA) is 38.7 Å². The molecule has 2 rings (SSSR count). The minimum Gasteiger partial charge on any atom is -0.399 e. The Labute approximate surface area is 113 Å². The van der Waals surface area contributed by atoms with Crippen molar-refractivity contribution in [3.05, 3.63) is 29.6 Å². The summed E-state index contributed by atoms with van der Waals surface area (Å²) < 4.78 is 25.3. The Kier molecular flexibility index (Phi) is 3.50. The van der Waals surface area contributed by atoms with Crippen molar-refractivity contribution < 1.29 is 18.8 Å². The Hall–Kier alpha value is -0.905. The van der Waals surface area contributed by atoms with Gasteiger partial charge in [0.15, 0.2) is 0 Å². The molecule has 1 N–H and O–H groups in total. The van der Waals surface area contributed by atoms with Crippen molar-refractivity contribution in [3.8, 4) is 0 Å². The molecule has 1 aliphatic rings. The number of aliphatic hydroxyl groups excluding tert-OH is 1. The lowest BCUT2D eigenvalue weighted by atomic mass is 9.78. The van der Waals surface area contributed by atoms with Gasteiger partial charge in [-0.05, 0) is 57.8 Å². The Bertz CT molecular complexity index is 470. The van der Waals surface area contributed by atoms with Gasteiger partial charge in [0.05, 0.1) is 17.3 Å². The van der Waals surface area contributed by atoms with Crippen molar-refractivity contribution in [1.29, 1.82) is 0 Å². The van der Waals surface area contributed by atoms with E-state index in [4.69, 9.17) is 9.31 Å². The first-order chi connectivity index (χ1) is 8.62. The lowest BCUT2D eigenvalue weighted by Crippen LogP contribution is -2.41. The average molecular weight is 266 g/mol. The van der Waals surface area contributed by atoms with E-state index in [0.717, 1.165) is 0 Å². The van der Waals surface area contributed by atoms with Crippen molar-refractivity contribution in [2.75, 3.05) is 0 Å². The number of hydrogen-bond acceptors (Lipinski definition) is 3. The molecule has 0 saturated carbocycles. The van der Waals surface area contributed by atoms with Crippen LogP contribution in [0.3, 0.4) is 0 Å². The molecule has 1 heterocycles. The monoisotopic (exact) mass is 266 g/mol. The van der Waals surface area contributed by atoms with Crippen molar-refractivity contribution in [1.82, 2.24) is 0 Å². The standard InChI is InChI=1S/C14H20BFO3/c1-9(17)10-6-11(8-12(16)7-10)15-18-13(2,3)14(4,5)19-15/h6-9,17H,1-5H3/t9-/m1/s1. The van der Waals surface area contributed by atoms with E-state index in [-0.39, 0.29) is 0 Å². The van der Waals surface area contributed by atoms with Gasteiger partial charge in [0.2, 0.25) is 0 Å². The zero-order valence-electron chi connectivity index (χ0n) is 12.0. The Balaban J connectivity index is 2.34. The summed E-state index contributed by atoms with van der Waals surface area (Å²) in [5.74, 6) is -0.400. The fourth-order valence-corrected chi connectivity index (χ4v) is 1.99. The summed E-state index contributed by atoms with van der Waals surface area (Å²) in [7, 11) is -0.613. The van der Waals surface area contributed by atoms with Crippen molar-refractivity contribution >= 4 is 12.6 Å². The van der Waals surface area contributed by atoms with Crippen molar-refractivity contribution in [3.63, 3.8) is 0 Å². The SMILES string of the molecule is C[C@@H](O)c1cc(F)cc(B2OC(C)(C)C(C)(C)O2)c1. The van der Waals surface area contributed by atoms with E-state index in [0.29, 0.717) is 11.0 Å². The number of halogens is 1. The Morgan fingerprint density at radius 1 is 1.11 bits per heavy atom. The first-order valence-electron chi connectivity index (χ1n) is 6.46. The molecule has 3 nitrogen and oxygen atoms in total. The predicted molar refractivity (Wildman–Crippen MR) is 72.7 cm³/mol. The van der Waals surface area contributed by atoms with Gasteiger partial charge >= 0.3 is 7.12 Å². The molecule has 1 fully saturated rings. The number of rotatable bonds is 2. The minimum absolute atomic E-state index is 0.400. The van der Waals surface area contributed by atoms with E-state index >= 15 is 0 Å². The third-order valence-corrected chi connectivity index (χ3v) is 3.95. The summed E-state index contributed by atoms with van der Waals surface area (Å²) in [6.07, 6.45) is -0.725. The molecule has 0 aromatic heterocycles. The highest BCUT2D eigenvalue weighted by Gasteiger charge is 2.51. The van der Waals surface area contributed by atoms with Crippen molar-refractivity contribution in [2.45, 2.75) is 51.9 Å². The van der Waals surface area contributed by atoms with Gasteiger partial charge in [-0.1, -0.05) is 6.07 Å². The van der Waals surface area contributed by atoms with E-state index in [1.807, 2.05) is 27.7 Å². The molecule has 19 heavy (non-hydrogen) atoms. The van der Waals surface area contributed by atoms with E-state index in [1.165, 1.54) is 12.1 Å². The van der Waals surface area contributed by atoms with Gasteiger partial charge in [-0.25, -0.2) is 4.39 Å². The summed E-state index contributed by atoms with van der Waals surface area (Å²) in [4.78, 5) is 0. The predicted octanol–water partition coefficient (Wildman–Crippen LogP) is 2.18. The first-order valence-corrected chi connectivity index (χ1v) is 6.46. The molecule has 1 aromatic carbocycles. The van der Waals surface area contributed by atoms with Crippen LogP contribution in [-0.4, -0.2) is 23.4 Å². The first kappa shape index (κ1) is 14.5. The molecule has 5 heteroatoms. The molecular weight excluding hydrogens is 246 g/mol. The smallest absolute Gasteiger partial charge is 0.399 e. The van der Waals surface area contributed by atoms with Gasteiger partial charge in [-0.15, -0.1) is 0 Å². The molecule has 0 unspecified atom stereocenters. The lowest BCUT2D eigenvalue weighted by molar-refractivity contribution is 0.00578. The van der Waals surface area contributed by atoms with E-state index in [9.17, 15) is 9.50 Å². The Morgan fingerprint density at radius 3 is 2.11 bits per heavy atom. The second-order valence-electron chi connectivity index (χ2n) is 6.08. The number of benzene rings is 1. The molecular formula is C14H20BFO3. The molecule has 1 atom stereocenters. The zero-order valence-corrected chi connectivity index (χ0v) is 12.0. The maximum Gasteiger partial charge on any atom is 0.494 e. The third kappa shape index (κ3) is 2.68. The largest absolute Gasteiger partial charge is 0.494 e. The summed E-state index contributed by atoms with van der Waals surface area (Å²) in [5.41, 5.74) is 0.184. The highest BCUT2D eigenvalue weighted by molar-refractivity contribution is 6.62. The van der Waals surface area contributed by atoms with Gasteiger partial charge < -0.3 is 14.4 Å². The van der Waals surface area contributed by atoms with Crippen LogP contribution in [0, 0.1) is 5.82 Å². The number of hydrogen-bond donors (Lipinski definition) is 1. The molecule has 0 radical (unpaired) electrons. The maximum atomic E-state index is 13.6. The Morgan fingerprint density at radius 2 is 1.63 bits per heavy atom. The third-order valence-electron chi connectivity index (χ3n) is 3.95.